The monoisotopic (exact) mass is 321 g/mol. The van der Waals surface area contributed by atoms with Crippen LogP contribution in [0.4, 0.5) is 0 Å². The van der Waals surface area contributed by atoms with Crippen LogP contribution in [0.1, 0.15) is 21.6 Å². The molecule has 0 atom stereocenters. The lowest BCUT2D eigenvalue weighted by Crippen LogP contribution is -2.36. The molecule has 0 radical (unpaired) electrons. The first-order chi connectivity index (χ1) is 11.3. The summed E-state index contributed by atoms with van der Waals surface area (Å²) in [5.74, 6) is 0.0661. The third-order valence-corrected chi connectivity index (χ3v) is 4.82. The van der Waals surface area contributed by atoms with Gasteiger partial charge in [-0.15, -0.1) is 0 Å². The minimum absolute atomic E-state index is 0.0661. The quantitative estimate of drug-likeness (QED) is 0.727. The fourth-order valence-electron chi connectivity index (χ4n) is 2.86. The first kappa shape index (κ1) is 14.1. The number of carbonyl (C=O) groups is 1. The van der Waals surface area contributed by atoms with Crippen LogP contribution in [0.25, 0.3) is 11.1 Å². The van der Waals surface area contributed by atoms with Crippen molar-refractivity contribution >= 4 is 17.2 Å². The Bertz CT molecular complexity index is 828. The fourth-order valence-corrected chi connectivity index (χ4v) is 3.52. The number of carbonyl (C=O) groups excluding carboxylic acids is 1. The Labute approximate surface area is 138 Å². The lowest BCUT2D eigenvalue weighted by atomic mass is 10.0. The van der Waals surface area contributed by atoms with Gasteiger partial charge in [-0.25, -0.2) is 9.97 Å². The Balaban J connectivity index is 1.53. The van der Waals surface area contributed by atoms with Crippen molar-refractivity contribution in [3.8, 4) is 11.1 Å². The molecule has 4 nitrogen and oxygen atoms in total. The molecule has 1 aliphatic rings. The third-order valence-electron chi connectivity index (χ3n) is 4.13. The number of rotatable bonds is 2. The number of thiophene rings is 1. The summed E-state index contributed by atoms with van der Waals surface area (Å²) in [5, 5.41) is 4.17. The summed E-state index contributed by atoms with van der Waals surface area (Å²) in [6.07, 6.45) is 4.16. The van der Waals surface area contributed by atoms with Gasteiger partial charge in [-0.1, -0.05) is 12.1 Å². The van der Waals surface area contributed by atoms with E-state index in [0.29, 0.717) is 13.1 Å². The van der Waals surface area contributed by atoms with Gasteiger partial charge in [0.25, 0.3) is 5.91 Å². The molecule has 0 unspecified atom stereocenters. The molecular weight excluding hydrogens is 306 g/mol. The van der Waals surface area contributed by atoms with Crippen LogP contribution in [0.2, 0.25) is 0 Å². The van der Waals surface area contributed by atoms with E-state index in [1.165, 1.54) is 5.56 Å². The molecule has 0 spiro atoms. The zero-order valence-electron chi connectivity index (χ0n) is 12.5. The van der Waals surface area contributed by atoms with Crippen LogP contribution in [0.15, 0.2) is 53.6 Å². The highest BCUT2D eigenvalue weighted by Gasteiger charge is 2.22. The molecule has 4 rings (SSSR count). The Hall–Kier alpha value is -2.53. The van der Waals surface area contributed by atoms with Gasteiger partial charge in [0.1, 0.15) is 6.33 Å². The maximum atomic E-state index is 12.7. The molecule has 0 fully saturated rings. The van der Waals surface area contributed by atoms with E-state index in [9.17, 15) is 4.79 Å². The van der Waals surface area contributed by atoms with Gasteiger partial charge in [-0.3, -0.25) is 4.79 Å². The molecule has 1 aromatic carbocycles. The Morgan fingerprint density at radius 3 is 2.78 bits per heavy atom. The number of nitrogens with zero attached hydrogens (tertiary/aromatic N) is 3. The Morgan fingerprint density at radius 2 is 2.00 bits per heavy atom. The van der Waals surface area contributed by atoms with Crippen molar-refractivity contribution < 1.29 is 4.79 Å². The number of aromatic nitrogens is 2. The van der Waals surface area contributed by atoms with E-state index in [4.69, 9.17) is 0 Å². The van der Waals surface area contributed by atoms with Crippen LogP contribution in [0.5, 0.6) is 0 Å². The van der Waals surface area contributed by atoms with Crippen LogP contribution < -0.4 is 0 Å². The molecule has 1 aliphatic heterocycles. The number of benzene rings is 1. The van der Waals surface area contributed by atoms with Crippen LogP contribution >= 0.6 is 11.3 Å². The van der Waals surface area contributed by atoms with Crippen molar-refractivity contribution in [3.63, 3.8) is 0 Å². The average molecular weight is 321 g/mol. The number of hydrogen-bond donors (Lipinski definition) is 0. The SMILES string of the molecule is O=C(c1ccc(-c2ccsc2)cc1)N1CCc2ncncc2C1. The van der Waals surface area contributed by atoms with E-state index in [0.717, 1.165) is 28.8 Å². The van der Waals surface area contributed by atoms with E-state index in [1.54, 1.807) is 23.9 Å². The molecule has 1 amide bonds. The second-order valence-corrected chi connectivity index (χ2v) is 6.34. The Kier molecular flexibility index (Phi) is 3.63. The van der Waals surface area contributed by atoms with Gasteiger partial charge < -0.3 is 4.90 Å². The van der Waals surface area contributed by atoms with Crippen LogP contribution in [0.3, 0.4) is 0 Å². The molecule has 0 saturated heterocycles. The van der Waals surface area contributed by atoms with Crippen molar-refractivity contribution in [2.24, 2.45) is 0 Å². The van der Waals surface area contributed by atoms with Crippen LogP contribution in [-0.4, -0.2) is 27.3 Å². The molecule has 2 aromatic heterocycles. The molecular formula is C18H15N3OS. The van der Waals surface area contributed by atoms with Gasteiger partial charge >= 0.3 is 0 Å². The largest absolute Gasteiger partial charge is 0.334 e. The topological polar surface area (TPSA) is 46.1 Å². The summed E-state index contributed by atoms with van der Waals surface area (Å²) in [5.41, 5.74) is 5.15. The number of amides is 1. The highest BCUT2D eigenvalue weighted by atomic mass is 32.1. The second-order valence-electron chi connectivity index (χ2n) is 5.56. The standard InChI is InChI=1S/C18H15N3OS/c22-18(21-7-5-17-16(10-21)9-19-12-20-17)14-3-1-13(2-4-14)15-6-8-23-11-15/h1-4,6,8-9,11-12H,5,7,10H2. The molecule has 0 bridgehead atoms. The van der Waals surface area contributed by atoms with E-state index >= 15 is 0 Å². The minimum atomic E-state index is 0.0661. The fraction of sp³-hybridized carbons (Fsp3) is 0.167. The first-order valence-corrected chi connectivity index (χ1v) is 8.45. The lowest BCUT2D eigenvalue weighted by molar-refractivity contribution is 0.0733. The smallest absolute Gasteiger partial charge is 0.254 e. The molecule has 3 heterocycles. The number of fused-ring (bicyclic) bond motifs is 1. The van der Waals surface area contributed by atoms with Crippen LogP contribution in [0, 0.1) is 0 Å². The summed E-state index contributed by atoms with van der Waals surface area (Å²) in [7, 11) is 0. The molecule has 3 aromatic rings. The summed E-state index contributed by atoms with van der Waals surface area (Å²) in [6.45, 7) is 1.29. The van der Waals surface area contributed by atoms with Crippen molar-refractivity contribution in [1.82, 2.24) is 14.9 Å². The van der Waals surface area contributed by atoms with Gasteiger partial charge in [0.05, 0.1) is 5.69 Å². The van der Waals surface area contributed by atoms with Crippen molar-refractivity contribution in [3.05, 3.63) is 70.4 Å². The van der Waals surface area contributed by atoms with E-state index in [1.807, 2.05) is 29.2 Å². The third kappa shape index (κ3) is 2.75. The van der Waals surface area contributed by atoms with Crippen LogP contribution in [-0.2, 0) is 13.0 Å². The van der Waals surface area contributed by atoms with Crippen molar-refractivity contribution in [2.45, 2.75) is 13.0 Å². The predicted octanol–water partition coefficient (Wildman–Crippen LogP) is 3.40. The predicted molar refractivity (Wildman–Crippen MR) is 90.2 cm³/mol. The first-order valence-electron chi connectivity index (χ1n) is 7.51. The average Bonchev–Trinajstić information content (AvgIpc) is 3.15. The zero-order valence-corrected chi connectivity index (χ0v) is 13.3. The van der Waals surface area contributed by atoms with Gasteiger partial charge in [0.2, 0.25) is 0 Å². The number of hydrogen-bond acceptors (Lipinski definition) is 4. The molecule has 23 heavy (non-hydrogen) atoms. The second kappa shape index (κ2) is 5.93. The van der Waals surface area contributed by atoms with E-state index in [-0.39, 0.29) is 5.91 Å². The Morgan fingerprint density at radius 1 is 1.13 bits per heavy atom. The van der Waals surface area contributed by atoms with Crippen molar-refractivity contribution in [1.29, 1.82) is 0 Å². The highest BCUT2D eigenvalue weighted by Crippen LogP contribution is 2.23. The normalized spacial score (nSPS) is 13.7. The molecule has 0 aliphatic carbocycles. The summed E-state index contributed by atoms with van der Waals surface area (Å²) in [6, 6.07) is 9.92. The zero-order chi connectivity index (χ0) is 15.6. The summed E-state index contributed by atoms with van der Waals surface area (Å²) < 4.78 is 0. The molecule has 5 heteroatoms. The maximum absolute atomic E-state index is 12.7. The van der Waals surface area contributed by atoms with Gasteiger partial charge in [-0.2, -0.15) is 11.3 Å². The minimum Gasteiger partial charge on any atom is -0.334 e. The van der Waals surface area contributed by atoms with Gasteiger partial charge in [-0.05, 0) is 40.1 Å². The van der Waals surface area contributed by atoms with Gasteiger partial charge in [0, 0.05) is 36.8 Å². The highest BCUT2D eigenvalue weighted by molar-refractivity contribution is 7.08. The molecule has 0 N–H and O–H groups in total. The molecule has 0 saturated carbocycles. The van der Waals surface area contributed by atoms with Crippen molar-refractivity contribution in [2.75, 3.05) is 6.54 Å². The summed E-state index contributed by atoms with van der Waals surface area (Å²) in [4.78, 5) is 22.9. The van der Waals surface area contributed by atoms with E-state index < -0.39 is 0 Å². The van der Waals surface area contributed by atoms with Gasteiger partial charge in [0.15, 0.2) is 0 Å². The summed E-state index contributed by atoms with van der Waals surface area (Å²) >= 11 is 1.67. The maximum Gasteiger partial charge on any atom is 0.254 e. The lowest BCUT2D eigenvalue weighted by Gasteiger charge is -2.27. The van der Waals surface area contributed by atoms with E-state index in [2.05, 4.69) is 26.8 Å². The molecule has 114 valence electrons.